The van der Waals surface area contributed by atoms with Gasteiger partial charge in [0.25, 0.3) is 0 Å². The van der Waals surface area contributed by atoms with Crippen molar-refractivity contribution in [2.75, 3.05) is 24.5 Å². The number of alkyl carbamates (subject to hydrolysis) is 1. The Morgan fingerprint density at radius 3 is 2.59 bits per heavy atom. The molecule has 1 aliphatic rings. The van der Waals surface area contributed by atoms with Crippen LogP contribution in [0.1, 0.15) is 25.5 Å². The Bertz CT molecular complexity index is 989. The van der Waals surface area contributed by atoms with Gasteiger partial charge in [0.1, 0.15) is 12.4 Å². The number of aromatic nitrogens is 4. The van der Waals surface area contributed by atoms with Crippen molar-refractivity contribution in [3.05, 3.63) is 28.2 Å². The van der Waals surface area contributed by atoms with E-state index in [1.54, 1.807) is 11.8 Å². The highest BCUT2D eigenvalue weighted by Gasteiger charge is 2.36. The predicted molar refractivity (Wildman–Crippen MR) is 102 cm³/mol. The van der Waals surface area contributed by atoms with Crippen LogP contribution in [0.25, 0.3) is 0 Å². The summed E-state index contributed by atoms with van der Waals surface area (Å²) in [5.41, 5.74) is -1.80. The maximum atomic E-state index is 12.9. The minimum Gasteiger partial charge on any atom is -0.446 e. The summed E-state index contributed by atoms with van der Waals surface area (Å²) in [6, 6.07) is 0.621. The first-order chi connectivity index (χ1) is 15.1. The number of hydrogen-bond acceptors (Lipinski definition) is 9. The third kappa shape index (κ3) is 5.15. The Morgan fingerprint density at radius 2 is 2.03 bits per heavy atom. The summed E-state index contributed by atoms with van der Waals surface area (Å²) in [5.74, 6) is -0.939. The second kappa shape index (κ2) is 9.23. The van der Waals surface area contributed by atoms with E-state index in [1.807, 2.05) is 0 Å². The number of aryl methyl sites for hydroxylation is 1. The number of nitrogens with zero attached hydrogens (tertiary/aromatic N) is 6. The minimum absolute atomic E-state index is 0.0466. The molecule has 1 N–H and O–H groups in total. The number of alkyl halides is 3. The molecule has 0 atom stereocenters. The molecule has 32 heavy (non-hydrogen) atoms. The number of anilines is 1. The average molecular weight is 459 g/mol. The molecule has 0 saturated carbocycles. The number of rotatable bonds is 6. The molecule has 1 saturated heterocycles. The van der Waals surface area contributed by atoms with Crippen LogP contribution in [0.15, 0.2) is 12.4 Å². The number of halogens is 3. The van der Waals surface area contributed by atoms with Crippen LogP contribution in [0.3, 0.4) is 0 Å². The summed E-state index contributed by atoms with van der Waals surface area (Å²) in [7, 11) is 1.21. The first-order valence-electron chi connectivity index (χ1n) is 9.58. The molecule has 1 fully saturated rings. The van der Waals surface area contributed by atoms with Gasteiger partial charge in [-0.15, -0.1) is 0 Å². The zero-order valence-electron chi connectivity index (χ0n) is 17.1. The molecule has 2 aromatic heterocycles. The number of carbonyl (C=O) groups excluding carboxylic acids is 1. The SMILES string of the molecule is CCNC(=O)OC1CCN(c2ncnc(Oc3cc(C(F)(F)F)nn3C)c2[N+](=O)[O-])CC1. The molecule has 12 nitrogen and oxygen atoms in total. The summed E-state index contributed by atoms with van der Waals surface area (Å²) in [5, 5.41) is 17.6. The Balaban J connectivity index is 1.80. The smallest absolute Gasteiger partial charge is 0.435 e. The van der Waals surface area contributed by atoms with Gasteiger partial charge in [0.05, 0.1) is 4.92 Å². The summed E-state index contributed by atoms with van der Waals surface area (Å²) >= 11 is 0. The third-order valence-corrected chi connectivity index (χ3v) is 4.62. The molecule has 174 valence electrons. The molecule has 0 aliphatic carbocycles. The van der Waals surface area contributed by atoms with Gasteiger partial charge < -0.3 is 19.7 Å². The van der Waals surface area contributed by atoms with Gasteiger partial charge in [-0.25, -0.2) is 14.5 Å². The maximum Gasteiger partial charge on any atom is 0.435 e. The monoisotopic (exact) mass is 459 g/mol. The van der Waals surface area contributed by atoms with Crippen LogP contribution in [0.4, 0.5) is 29.5 Å². The first-order valence-corrected chi connectivity index (χ1v) is 9.58. The molecule has 0 radical (unpaired) electrons. The number of hydrogen-bond donors (Lipinski definition) is 1. The van der Waals surface area contributed by atoms with Crippen LogP contribution in [-0.2, 0) is 18.0 Å². The Labute approximate surface area is 179 Å². The lowest BCUT2D eigenvalue weighted by atomic mass is 10.1. The normalized spacial score (nSPS) is 14.8. The van der Waals surface area contributed by atoms with Crippen molar-refractivity contribution in [3.63, 3.8) is 0 Å². The largest absolute Gasteiger partial charge is 0.446 e. The van der Waals surface area contributed by atoms with Gasteiger partial charge in [-0.1, -0.05) is 0 Å². The van der Waals surface area contributed by atoms with E-state index in [9.17, 15) is 28.1 Å². The fourth-order valence-electron chi connectivity index (χ4n) is 3.13. The Morgan fingerprint density at radius 1 is 1.34 bits per heavy atom. The number of amides is 1. The van der Waals surface area contributed by atoms with Crippen molar-refractivity contribution in [1.82, 2.24) is 25.1 Å². The molecule has 0 aromatic carbocycles. The van der Waals surface area contributed by atoms with Crippen LogP contribution < -0.4 is 15.0 Å². The topological polar surface area (TPSA) is 138 Å². The standard InChI is InChI=1S/C17H20F3N7O5/c1-3-21-16(28)31-10-4-6-26(7-5-10)14-13(27(29)30)15(23-9-22-14)32-12-8-11(17(18,19)20)24-25(12)2/h8-10H,3-7H2,1-2H3,(H,21,28). The van der Waals surface area contributed by atoms with Gasteiger partial charge in [0.15, 0.2) is 5.69 Å². The van der Waals surface area contributed by atoms with Crippen molar-refractivity contribution in [3.8, 4) is 11.8 Å². The molecular formula is C17H20F3N7O5. The summed E-state index contributed by atoms with van der Waals surface area (Å²) in [6.07, 6.45) is -3.76. The van der Waals surface area contributed by atoms with Gasteiger partial charge >= 0.3 is 23.8 Å². The van der Waals surface area contributed by atoms with E-state index in [4.69, 9.17) is 9.47 Å². The van der Waals surface area contributed by atoms with Crippen LogP contribution >= 0.6 is 0 Å². The molecular weight excluding hydrogens is 439 g/mol. The quantitative estimate of drug-likeness (QED) is 0.510. The Kier molecular flexibility index (Phi) is 6.64. The molecule has 0 unspecified atom stereocenters. The number of nitrogens with one attached hydrogen (secondary N) is 1. The lowest BCUT2D eigenvalue weighted by Crippen LogP contribution is -2.40. The molecule has 2 aromatic rings. The Hall–Kier alpha value is -3.65. The summed E-state index contributed by atoms with van der Waals surface area (Å²) in [4.78, 5) is 31.9. The van der Waals surface area contributed by atoms with E-state index in [2.05, 4.69) is 20.4 Å². The van der Waals surface area contributed by atoms with Crippen molar-refractivity contribution in [1.29, 1.82) is 0 Å². The average Bonchev–Trinajstić information content (AvgIpc) is 3.09. The van der Waals surface area contributed by atoms with Crippen molar-refractivity contribution in [2.24, 2.45) is 7.05 Å². The molecule has 0 bridgehead atoms. The van der Waals surface area contributed by atoms with Crippen LogP contribution in [0.2, 0.25) is 0 Å². The lowest BCUT2D eigenvalue weighted by molar-refractivity contribution is -0.385. The van der Waals surface area contributed by atoms with Gasteiger partial charge in [-0.05, 0) is 6.92 Å². The molecule has 15 heteroatoms. The highest BCUT2D eigenvalue weighted by molar-refractivity contribution is 5.67. The van der Waals surface area contributed by atoms with Gasteiger partial charge in [-0.2, -0.15) is 23.3 Å². The van der Waals surface area contributed by atoms with Crippen LogP contribution in [-0.4, -0.2) is 56.5 Å². The first kappa shape index (κ1) is 23.0. The third-order valence-electron chi connectivity index (χ3n) is 4.62. The highest BCUT2D eigenvalue weighted by atomic mass is 19.4. The zero-order valence-corrected chi connectivity index (χ0v) is 17.1. The number of ether oxygens (including phenoxy) is 2. The van der Waals surface area contributed by atoms with E-state index in [-0.39, 0.29) is 17.8 Å². The summed E-state index contributed by atoms with van der Waals surface area (Å²) < 4.78 is 50.0. The molecule has 1 amide bonds. The number of nitro groups is 1. The zero-order chi connectivity index (χ0) is 23.5. The van der Waals surface area contributed by atoms with Gasteiger partial charge in [0, 0.05) is 45.6 Å². The maximum absolute atomic E-state index is 12.9. The lowest BCUT2D eigenvalue weighted by Gasteiger charge is -2.32. The fraction of sp³-hybridized carbons (Fsp3) is 0.529. The van der Waals surface area contributed by atoms with Crippen LogP contribution in [0.5, 0.6) is 11.8 Å². The van der Waals surface area contributed by atoms with E-state index in [1.165, 1.54) is 7.05 Å². The van der Waals surface area contributed by atoms with Gasteiger partial charge in [0.2, 0.25) is 11.7 Å². The molecule has 0 spiro atoms. The highest BCUT2D eigenvalue weighted by Crippen LogP contribution is 2.38. The summed E-state index contributed by atoms with van der Waals surface area (Å²) in [6.45, 7) is 2.78. The van der Waals surface area contributed by atoms with E-state index in [0.29, 0.717) is 38.5 Å². The van der Waals surface area contributed by atoms with E-state index in [0.717, 1.165) is 11.0 Å². The van der Waals surface area contributed by atoms with E-state index < -0.39 is 34.5 Å². The molecule has 3 rings (SSSR count). The van der Waals surface area contributed by atoms with E-state index >= 15 is 0 Å². The number of carbonyl (C=O) groups is 1. The minimum atomic E-state index is -4.71. The number of piperidine rings is 1. The van der Waals surface area contributed by atoms with Crippen molar-refractivity contribution in [2.45, 2.75) is 32.0 Å². The molecule has 1 aliphatic heterocycles. The second-order valence-corrected chi connectivity index (χ2v) is 6.82. The fourth-order valence-corrected chi connectivity index (χ4v) is 3.13. The van der Waals surface area contributed by atoms with Crippen LogP contribution in [0, 0.1) is 10.1 Å². The van der Waals surface area contributed by atoms with Crippen molar-refractivity contribution >= 4 is 17.6 Å². The van der Waals surface area contributed by atoms with Crippen molar-refractivity contribution < 1.29 is 32.4 Å². The molecule has 3 heterocycles. The second-order valence-electron chi connectivity index (χ2n) is 6.82. The predicted octanol–water partition coefficient (Wildman–Crippen LogP) is 2.64. The van der Waals surface area contributed by atoms with Gasteiger partial charge in [-0.3, -0.25) is 10.1 Å².